The predicted octanol–water partition coefficient (Wildman–Crippen LogP) is 2.60. The van der Waals surface area contributed by atoms with E-state index >= 15 is 0 Å². The summed E-state index contributed by atoms with van der Waals surface area (Å²) in [5, 5.41) is 5.82. The molecule has 1 aliphatic heterocycles. The van der Waals surface area contributed by atoms with Gasteiger partial charge < -0.3 is 10.6 Å². The number of benzene rings is 1. The zero-order valence-corrected chi connectivity index (χ0v) is 15.9. The Morgan fingerprint density at radius 3 is 2.70 bits per heavy atom. The molecule has 1 atom stereocenters. The number of amides is 2. The molecule has 1 aliphatic carbocycles. The van der Waals surface area contributed by atoms with Crippen LogP contribution in [0.15, 0.2) is 24.3 Å². The number of nitrogens with zero attached hydrogens (tertiary/aromatic N) is 1. The highest BCUT2D eigenvalue weighted by Crippen LogP contribution is 2.19. The quantitative estimate of drug-likeness (QED) is 0.803. The summed E-state index contributed by atoms with van der Waals surface area (Å²) in [5.74, 6) is -0.502. The SMILES string of the molecule is O=C(CNC(=O)C1CCCN(Cc2cccc(F)c2)C1)NC1CCCCC1. The largest absolute Gasteiger partial charge is 0.352 e. The predicted molar refractivity (Wildman–Crippen MR) is 102 cm³/mol. The van der Waals surface area contributed by atoms with Gasteiger partial charge in [-0.05, 0) is 49.9 Å². The highest BCUT2D eigenvalue weighted by atomic mass is 19.1. The highest BCUT2D eigenvalue weighted by Gasteiger charge is 2.26. The third-order valence-electron chi connectivity index (χ3n) is 5.56. The van der Waals surface area contributed by atoms with Crippen LogP contribution in [0.4, 0.5) is 4.39 Å². The van der Waals surface area contributed by atoms with Crippen molar-refractivity contribution in [3.8, 4) is 0 Å². The van der Waals surface area contributed by atoms with Crippen molar-refractivity contribution in [1.82, 2.24) is 15.5 Å². The fourth-order valence-corrected chi connectivity index (χ4v) is 4.14. The van der Waals surface area contributed by atoms with E-state index in [0.29, 0.717) is 13.1 Å². The first-order valence-corrected chi connectivity index (χ1v) is 10.1. The summed E-state index contributed by atoms with van der Waals surface area (Å²) >= 11 is 0. The maximum absolute atomic E-state index is 13.3. The van der Waals surface area contributed by atoms with Crippen LogP contribution in [0.25, 0.3) is 0 Å². The van der Waals surface area contributed by atoms with E-state index in [2.05, 4.69) is 15.5 Å². The molecular weight excluding hydrogens is 345 g/mol. The Kier molecular flexibility index (Phi) is 7.21. The summed E-state index contributed by atoms with van der Waals surface area (Å²) in [5.41, 5.74) is 0.919. The van der Waals surface area contributed by atoms with Crippen molar-refractivity contribution >= 4 is 11.8 Å². The van der Waals surface area contributed by atoms with E-state index in [9.17, 15) is 14.0 Å². The molecule has 0 spiro atoms. The summed E-state index contributed by atoms with van der Waals surface area (Å²) in [6, 6.07) is 6.86. The number of rotatable bonds is 6. The molecule has 1 heterocycles. The van der Waals surface area contributed by atoms with Gasteiger partial charge >= 0.3 is 0 Å². The van der Waals surface area contributed by atoms with Crippen LogP contribution in [0, 0.1) is 11.7 Å². The van der Waals surface area contributed by atoms with Gasteiger partial charge in [0.2, 0.25) is 11.8 Å². The minimum absolute atomic E-state index is 0.0513. The number of halogens is 1. The maximum Gasteiger partial charge on any atom is 0.239 e. The third-order valence-corrected chi connectivity index (χ3v) is 5.56. The Bertz CT molecular complexity index is 646. The molecule has 1 saturated carbocycles. The van der Waals surface area contributed by atoms with Crippen molar-refractivity contribution in [3.05, 3.63) is 35.6 Å². The van der Waals surface area contributed by atoms with Crippen LogP contribution in [-0.4, -0.2) is 42.4 Å². The lowest BCUT2D eigenvalue weighted by Crippen LogP contribution is -2.47. The van der Waals surface area contributed by atoms with Gasteiger partial charge in [0.05, 0.1) is 12.5 Å². The van der Waals surface area contributed by atoms with E-state index in [1.54, 1.807) is 12.1 Å². The van der Waals surface area contributed by atoms with Gasteiger partial charge in [-0.25, -0.2) is 4.39 Å². The molecule has 1 aromatic rings. The van der Waals surface area contributed by atoms with Crippen LogP contribution in [0.5, 0.6) is 0 Å². The van der Waals surface area contributed by atoms with E-state index in [1.807, 2.05) is 6.07 Å². The number of hydrogen-bond donors (Lipinski definition) is 2. The Morgan fingerprint density at radius 1 is 1.11 bits per heavy atom. The molecule has 3 rings (SSSR count). The van der Waals surface area contributed by atoms with Gasteiger partial charge in [-0.15, -0.1) is 0 Å². The number of hydrogen-bond acceptors (Lipinski definition) is 3. The fourth-order valence-electron chi connectivity index (χ4n) is 4.14. The van der Waals surface area contributed by atoms with Crippen molar-refractivity contribution in [2.45, 2.75) is 57.5 Å². The third kappa shape index (κ3) is 6.31. The van der Waals surface area contributed by atoms with Crippen molar-refractivity contribution < 1.29 is 14.0 Å². The van der Waals surface area contributed by atoms with Crippen LogP contribution in [0.2, 0.25) is 0 Å². The van der Waals surface area contributed by atoms with Gasteiger partial charge in [0, 0.05) is 19.1 Å². The molecular formula is C21H30FN3O2. The molecule has 5 nitrogen and oxygen atoms in total. The first-order valence-electron chi connectivity index (χ1n) is 10.1. The summed E-state index contributed by atoms with van der Waals surface area (Å²) in [6.07, 6.45) is 7.42. The van der Waals surface area contributed by atoms with Gasteiger partial charge in [0.25, 0.3) is 0 Å². The van der Waals surface area contributed by atoms with Gasteiger partial charge in [-0.3, -0.25) is 14.5 Å². The lowest BCUT2D eigenvalue weighted by Gasteiger charge is -2.32. The molecule has 2 amide bonds. The zero-order chi connectivity index (χ0) is 19.1. The maximum atomic E-state index is 13.3. The minimum Gasteiger partial charge on any atom is -0.352 e. The van der Waals surface area contributed by atoms with Gasteiger partial charge in [0.15, 0.2) is 0 Å². The molecule has 2 aliphatic rings. The highest BCUT2D eigenvalue weighted by molar-refractivity contribution is 5.86. The summed E-state index contributed by atoms with van der Waals surface area (Å²) in [6.45, 7) is 2.24. The molecule has 1 aromatic carbocycles. The van der Waals surface area contributed by atoms with Crippen molar-refractivity contribution in [3.63, 3.8) is 0 Å². The summed E-state index contributed by atoms with van der Waals surface area (Å²) in [4.78, 5) is 26.7. The first kappa shape index (κ1) is 19.8. The molecule has 0 bridgehead atoms. The number of carbonyl (C=O) groups is 2. The number of likely N-dealkylation sites (tertiary alicyclic amines) is 1. The molecule has 148 valence electrons. The number of piperidine rings is 1. The molecule has 6 heteroatoms. The molecule has 1 unspecified atom stereocenters. The molecule has 0 aromatic heterocycles. The van der Waals surface area contributed by atoms with Crippen LogP contribution >= 0.6 is 0 Å². The van der Waals surface area contributed by atoms with Crippen molar-refractivity contribution in [1.29, 1.82) is 0 Å². The van der Waals surface area contributed by atoms with E-state index in [-0.39, 0.29) is 36.1 Å². The molecule has 0 radical (unpaired) electrons. The Morgan fingerprint density at radius 2 is 1.93 bits per heavy atom. The van der Waals surface area contributed by atoms with Gasteiger partial charge in [0.1, 0.15) is 5.82 Å². The average molecular weight is 375 g/mol. The van der Waals surface area contributed by atoms with E-state index < -0.39 is 0 Å². The van der Waals surface area contributed by atoms with Crippen LogP contribution in [0.1, 0.15) is 50.5 Å². The average Bonchev–Trinajstić information content (AvgIpc) is 2.67. The second kappa shape index (κ2) is 9.83. The molecule has 27 heavy (non-hydrogen) atoms. The first-order chi connectivity index (χ1) is 13.1. The Balaban J connectivity index is 1.41. The van der Waals surface area contributed by atoms with Crippen LogP contribution in [-0.2, 0) is 16.1 Å². The second-order valence-corrected chi connectivity index (χ2v) is 7.82. The molecule has 1 saturated heterocycles. The van der Waals surface area contributed by atoms with Gasteiger partial charge in [-0.2, -0.15) is 0 Å². The lowest BCUT2D eigenvalue weighted by molar-refractivity contribution is -0.130. The molecule has 2 N–H and O–H groups in total. The minimum atomic E-state index is -0.234. The van der Waals surface area contributed by atoms with Crippen molar-refractivity contribution in [2.75, 3.05) is 19.6 Å². The summed E-state index contributed by atoms with van der Waals surface area (Å²) < 4.78 is 13.3. The van der Waals surface area contributed by atoms with E-state index in [0.717, 1.165) is 37.8 Å². The zero-order valence-electron chi connectivity index (χ0n) is 15.9. The standard InChI is InChI=1S/C21H30FN3O2/c22-18-8-4-6-16(12-18)14-25-11-5-7-17(15-25)21(27)23-13-20(26)24-19-9-2-1-3-10-19/h4,6,8,12,17,19H,1-3,5,7,9-11,13-15H2,(H,23,27)(H,24,26). The normalized spacial score (nSPS) is 21.6. The number of nitrogens with one attached hydrogen (secondary N) is 2. The second-order valence-electron chi connectivity index (χ2n) is 7.82. The van der Waals surface area contributed by atoms with Crippen LogP contribution in [0.3, 0.4) is 0 Å². The Hall–Kier alpha value is -1.95. The number of carbonyl (C=O) groups excluding carboxylic acids is 2. The smallest absolute Gasteiger partial charge is 0.239 e. The van der Waals surface area contributed by atoms with E-state index in [1.165, 1.54) is 25.3 Å². The molecule has 2 fully saturated rings. The summed E-state index contributed by atoms with van der Waals surface area (Å²) in [7, 11) is 0. The van der Waals surface area contributed by atoms with Gasteiger partial charge in [-0.1, -0.05) is 31.4 Å². The van der Waals surface area contributed by atoms with Crippen molar-refractivity contribution in [2.24, 2.45) is 5.92 Å². The van der Waals surface area contributed by atoms with Crippen LogP contribution < -0.4 is 10.6 Å². The van der Waals surface area contributed by atoms with E-state index in [4.69, 9.17) is 0 Å². The fraction of sp³-hybridized carbons (Fsp3) is 0.619. The Labute approximate surface area is 160 Å². The monoisotopic (exact) mass is 375 g/mol. The topological polar surface area (TPSA) is 61.4 Å². The lowest BCUT2D eigenvalue weighted by atomic mass is 9.95.